The summed E-state index contributed by atoms with van der Waals surface area (Å²) in [7, 11) is 3.03. The molecule has 1 heterocycles. The van der Waals surface area contributed by atoms with Crippen molar-refractivity contribution in [2.75, 3.05) is 24.9 Å². The number of aromatic nitrogens is 2. The Bertz CT molecular complexity index is 1430. The van der Waals surface area contributed by atoms with E-state index in [1.165, 1.54) is 20.5 Å². The van der Waals surface area contributed by atoms with Crippen LogP contribution in [0.4, 0.5) is 28.9 Å². The molecule has 2 N–H and O–H groups in total. The molecule has 0 amide bonds. The number of benzene rings is 3. The molecule has 0 fully saturated rings. The largest absolute Gasteiger partial charge is 0.493 e. The van der Waals surface area contributed by atoms with Crippen LogP contribution in [0.15, 0.2) is 60.9 Å². The van der Waals surface area contributed by atoms with Gasteiger partial charge in [0, 0.05) is 23.5 Å². The highest BCUT2D eigenvalue weighted by Gasteiger charge is 2.34. The van der Waals surface area contributed by atoms with Gasteiger partial charge in [0.2, 0.25) is 5.88 Å². The maximum absolute atomic E-state index is 13.5. The van der Waals surface area contributed by atoms with E-state index >= 15 is 0 Å². The Labute approximate surface area is 208 Å². The number of nitrogens with zero attached hydrogens (tertiary/aromatic N) is 2. The molecular formula is C24H18F4N4O3S. The molecule has 0 radical (unpaired) electrons. The molecule has 1 aromatic heterocycles. The predicted molar refractivity (Wildman–Crippen MR) is 130 cm³/mol. The Kier molecular flexibility index (Phi) is 7.06. The minimum Gasteiger partial charge on any atom is -0.493 e. The summed E-state index contributed by atoms with van der Waals surface area (Å²) in [5.41, 5.74) is -0.349. The van der Waals surface area contributed by atoms with E-state index in [0.717, 1.165) is 12.1 Å². The first-order valence-electron chi connectivity index (χ1n) is 10.3. The fraction of sp³-hybridized carbons (Fsp3) is 0.125. The topological polar surface area (TPSA) is 77.5 Å². The molecule has 0 aliphatic rings. The van der Waals surface area contributed by atoms with Gasteiger partial charge in [-0.25, -0.2) is 14.4 Å². The van der Waals surface area contributed by atoms with E-state index in [9.17, 15) is 17.6 Å². The molecule has 0 unspecified atom stereocenters. The number of hydrogen-bond acceptors (Lipinski definition) is 6. The van der Waals surface area contributed by atoms with Crippen molar-refractivity contribution in [2.45, 2.75) is 6.18 Å². The van der Waals surface area contributed by atoms with Gasteiger partial charge in [0.15, 0.2) is 16.6 Å². The maximum atomic E-state index is 13.5. The van der Waals surface area contributed by atoms with Crippen molar-refractivity contribution in [3.8, 4) is 23.1 Å². The number of thiocarbonyl (C=S) groups is 1. The van der Waals surface area contributed by atoms with Crippen LogP contribution in [0.25, 0.3) is 10.9 Å². The average molecular weight is 518 g/mol. The van der Waals surface area contributed by atoms with Gasteiger partial charge in [0.25, 0.3) is 0 Å². The normalized spacial score (nSPS) is 11.2. The van der Waals surface area contributed by atoms with E-state index in [-0.39, 0.29) is 16.7 Å². The van der Waals surface area contributed by atoms with Crippen molar-refractivity contribution in [1.82, 2.24) is 9.97 Å². The van der Waals surface area contributed by atoms with Crippen LogP contribution < -0.4 is 24.8 Å². The number of rotatable bonds is 6. The van der Waals surface area contributed by atoms with Crippen LogP contribution in [0.5, 0.6) is 23.1 Å². The Morgan fingerprint density at radius 3 is 2.28 bits per heavy atom. The third-order valence-electron chi connectivity index (χ3n) is 4.94. The lowest BCUT2D eigenvalue weighted by molar-refractivity contribution is -0.139. The first-order chi connectivity index (χ1) is 17.2. The molecule has 4 aromatic rings. The molecule has 0 spiro atoms. The molecule has 0 saturated carbocycles. The summed E-state index contributed by atoms with van der Waals surface area (Å²) in [5.74, 6) is 0.282. The second-order valence-corrected chi connectivity index (χ2v) is 7.71. The number of nitrogens with one attached hydrogen (secondary N) is 2. The Morgan fingerprint density at radius 1 is 0.889 bits per heavy atom. The van der Waals surface area contributed by atoms with E-state index in [0.29, 0.717) is 39.9 Å². The second-order valence-electron chi connectivity index (χ2n) is 7.30. The Balaban J connectivity index is 1.52. The zero-order valence-electron chi connectivity index (χ0n) is 18.8. The van der Waals surface area contributed by atoms with Gasteiger partial charge < -0.3 is 24.8 Å². The number of anilines is 2. The predicted octanol–water partition coefficient (Wildman–Crippen LogP) is 6.41. The molecule has 4 rings (SSSR count). The summed E-state index contributed by atoms with van der Waals surface area (Å²) in [4.78, 5) is 8.44. The zero-order valence-corrected chi connectivity index (χ0v) is 19.6. The molecule has 7 nitrogen and oxygen atoms in total. The molecule has 0 aliphatic carbocycles. The van der Waals surface area contributed by atoms with Gasteiger partial charge >= 0.3 is 6.18 Å². The minimum atomic E-state index is -4.83. The van der Waals surface area contributed by atoms with Crippen LogP contribution in [-0.2, 0) is 6.18 Å². The quantitative estimate of drug-likeness (QED) is 0.224. The van der Waals surface area contributed by atoms with E-state index in [1.807, 2.05) is 0 Å². The smallest absolute Gasteiger partial charge is 0.419 e. The van der Waals surface area contributed by atoms with Crippen molar-refractivity contribution in [3.63, 3.8) is 0 Å². The van der Waals surface area contributed by atoms with Gasteiger partial charge in [-0.3, -0.25) is 0 Å². The molecular weight excluding hydrogens is 500 g/mol. The van der Waals surface area contributed by atoms with Crippen LogP contribution >= 0.6 is 12.2 Å². The van der Waals surface area contributed by atoms with Crippen molar-refractivity contribution in [2.24, 2.45) is 0 Å². The summed E-state index contributed by atoms with van der Waals surface area (Å²) in [6.45, 7) is 0. The molecule has 186 valence electrons. The number of ether oxygens (including phenoxy) is 3. The summed E-state index contributed by atoms with van der Waals surface area (Å²) >= 11 is 5.19. The summed E-state index contributed by atoms with van der Waals surface area (Å²) in [5, 5.41) is 6.05. The second kappa shape index (κ2) is 10.2. The summed E-state index contributed by atoms with van der Waals surface area (Å²) < 4.78 is 69.0. The summed E-state index contributed by atoms with van der Waals surface area (Å²) in [6.07, 6.45) is -3.48. The van der Waals surface area contributed by atoms with Crippen LogP contribution in [0.3, 0.4) is 0 Å². The highest BCUT2D eigenvalue weighted by molar-refractivity contribution is 7.80. The number of alkyl halides is 3. The molecule has 0 aliphatic heterocycles. The number of halogens is 4. The molecule has 36 heavy (non-hydrogen) atoms. The first-order valence-corrected chi connectivity index (χ1v) is 10.7. The lowest BCUT2D eigenvalue weighted by Gasteiger charge is -2.14. The van der Waals surface area contributed by atoms with Crippen molar-refractivity contribution >= 4 is 39.6 Å². The van der Waals surface area contributed by atoms with Crippen molar-refractivity contribution in [1.29, 1.82) is 0 Å². The van der Waals surface area contributed by atoms with E-state index in [4.69, 9.17) is 26.4 Å². The lowest BCUT2D eigenvalue weighted by atomic mass is 10.2. The Morgan fingerprint density at radius 2 is 1.58 bits per heavy atom. The van der Waals surface area contributed by atoms with Crippen molar-refractivity contribution in [3.05, 3.63) is 72.3 Å². The highest BCUT2D eigenvalue weighted by Crippen LogP contribution is 2.36. The zero-order chi connectivity index (χ0) is 25.9. The third-order valence-corrected chi connectivity index (χ3v) is 5.14. The number of methoxy groups -OCH3 is 2. The van der Waals surface area contributed by atoms with Gasteiger partial charge in [0.05, 0.1) is 30.7 Å². The van der Waals surface area contributed by atoms with Gasteiger partial charge in [-0.15, -0.1) is 0 Å². The van der Waals surface area contributed by atoms with Gasteiger partial charge in [-0.2, -0.15) is 13.2 Å². The van der Waals surface area contributed by atoms with Crippen molar-refractivity contribution < 1.29 is 31.8 Å². The molecule has 0 saturated heterocycles. The fourth-order valence-corrected chi connectivity index (χ4v) is 3.54. The lowest BCUT2D eigenvalue weighted by Crippen LogP contribution is -2.19. The monoisotopic (exact) mass is 518 g/mol. The van der Waals surface area contributed by atoms with Crippen LogP contribution in [0.2, 0.25) is 0 Å². The van der Waals surface area contributed by atoms with Crippen LogP contribution in [0.1, 0.15) is 5.56 Å². The molecule has 12 heteroatoms. The SMILES string of the molecule is COc1cc2ncnc(Oc3cccc(NC(=S)Nc4ccc(F)c(C(F)(F)F)c4)c3)c2cc1OC. The van der Waals surface area contributed by atoms with Gasteiger partial charge in [0.1, 0.15) is 17.9 Å². The number of hydrogen-bond donors (Lipinski definition) is 2. The van der Waals surface area contributed by atoms with Crippen LogP contribution in [0, 0.1) is 5.82 Å². The minimum absolute atomic E-state index is 0.00352. The standard InChI is InChI=1S/C24H18F4N4O3S/c1-33-20-10-16-19(11-21(20)34-2)29-12-30-22(16)35-15-5-3-4-13(8-15)31-23(36)32-14-6-7-18(25)17(9-14)24(26,27)28/h3-12H,1-2H3,(H2,31,32,36). The summed E-state index contributed by atoms with van der Waals surface area (Å²) in [6, 6.07) is 12.6. The molecule has 0 atom stereocenters. The van der Waals surface area contributed by atoms with Gasteiger partial charge in [-0.1, -0.05) is 6.07 Å². The van der Waals surface area contributed by atoms with E-state index in [1.54, 1.807) is 36.4 Å². The van der Waals surface area contributed by atoms with Crippen LogP contribution in [-0.4, -0.2) is 29.3 Å². The van der Waals surface area contributed by atoms with Gasteiger partial charge in [-0.05, 0) is 48.6 Å². The number of fused-ring (bicyclic) bond motifs is 1. The third kappa shape index (κ3) is 5.54. The maximum Gasteiger partial charge on any atom is 0.419 e. The molecule has 3 aromatic carbocycles. The van der Waals surface area contributed by atoms with E-state index in [2.05, 4.69) is 20.6 Å². The molecule has 0 bridgehead atoms. The van der Waals surface area contributed by atoms with E-state index < -0.39 is 17.6 Å². The fourth-order valence-electron chi connectivity index (χ4n) is 3.30. The Hall–Kier alpha value is -4.19. The first kappa shape index (κ1) is 24.9. The average Bonchev–Trinajstić information content (AvgIpc) is 2.84. The highest BCUT2D eigenvalue weighted by atomic mass is 32.1.